The van der Waals surface area contributed by atoms with E-state index in [0.29, 0.717) is 5.92 Å². The van der Waals surface area contributed by atoms with Crippen molar-refractivity contribution in [2.45, 2.75) is 52.6 Å². The van der Waals surface area contributed by atoms with Gasteiger partial charge in [0.05, 0.1) is 11.0 Å². The van der Waals surface area contributed by atoms with Crippen LogP contribution in [-0.4, -0.2) is 10.2 Å². The molecule has 1 unspecified atom stereocenters. The molecule has 0 bridgehead atoms. The highest BCUT2D eigenvalue weighted by Gasteiger charge is 2.17. The molecule has 0 aliphatic carbocycles. The van der Waals surface area contributed by atoms with Crippen molar-refractivity contribution < 1.29 is 4.74 Å². The Bertz CT molecular complexity index is 2430. The highest BCUT2D eigenvalue weighted by atomic mass is 16.5. The molecule has 0 radical (unpaired) electrons. The van der Waals surface area contributed by atoms with E-state index in [1.54, 1.807) is 0 Å². The minimum atomic E-state index is -0.256. The fourth-order valence-electron chi connectivity index (χ4n) is 7.32. The number of hydrogen-bond donors (Lipinski definition) is 0. The summed E-state index contributed by atoms with van der Waals surface area (Å²) in [7, 11) is 0. The maximum Gasteiger partial charge on any atom is 0.120 e. The summed E-state index contributed by atoms with van der Waals surface area (Å²) >= 11 is 0. The van der Waals surface area contributed by atoms with Gasteiger partial charge in [-0.05, 0) is 146 Å². The van der Waals surface area contributed by atoms with Crippen LogP contribution in [0.15, 0.2) is 170 Å². The molecule has 0 saturated heterocycles. The average Bonchev–Trinajstić information content (AvgIpc) is 3.51. The lowest BCUT2D eigenvalue weighted by Crippen LogP contribution is -2.22. The molecule has 3 nitrogen and oxygen atoms in total. The third kappa shape index (κ3) is 6.95. The quantitative estimate of drug-likeness (QED) is 0.150. The molecule has 1 atom stereocenters. The molecule has 8 aromatic rings. The van der Waals surface area contributed by atoms with Crippen LogP contribution in [-0.2, 0) is 0 Å². The Balaban J connectivity index is 1.23. The number of fused-ring (bicyclic) bond motifs is 3. The van der Waals surface area contributed by atoms with E-state index in [-0.39, 0.29) is 5.60 Å². The van der Waals surface area contributed by atoms with Crippen molar-refractivity contribution in [2.75, 3.05) is 4.90 Å². The summed E-state index contributed by atoms with van der Waals surface area (Å²) in [6.07, 6.45) is 1.14. The van der Waals surface area contributed by atoms with E-state index in [1.807, 2.05) is 0 Å². The van der Waals surface area contributed by atoms with E-state index >= 15 is 0 Å². The Morgan fingerprint density at radius 1 is 0.528 bits per heavy atom. The predicted molar refractivity (Wildman–Crippen MR) is 225 cm³/mol. The zero-order chi connectivity index (χ0) is 36.5. The fourth-order valence-corrected chi connectivity index (χ4v) is 7.32. The van der Waals surface area contributed by atoms with Gasteiger partial charge in [0.15, 0.2) is 0 Å². The van der Waals surface area contributed by atoms with Crippen molar-refractivity contribution in [3.8, 4) is 33.7 Å². The van der Waals surface area contributed by atoms with Gasteiger partial charge >= 0.3 is 0 Å². The van der Waals surface area contributed by atoms with Gasteiger partial charge in [0.2, 0.25) is 0 Å². The molecule has 0 amide bonds. The number of aromatic nitrogens is 1. The molecule has 0 aliphatic heterocycles. The smallest absolute Gasteiger partial charge is 0.120 e. The molecule has 0 aliphatic rings. The monoisotopic (exact) mass is 690 g/mol. The maximum atomic E-state index is 6.17. The highest BCUT2D eigenvalue weighted by molar-refractivity contribution is 6.11. The van der Waals surface area contributed by atoms with E-state index in [1.165, 1.54) is 49.6 Å². The first-order valence-corrected chi connectivity index (χ1v) is 18.7. The molecule has 0 saturated carbocycles. The Hall–Kier alpha value is -6.06. The second-order valence-electron chi connectivity index (χ2n) is 15.0. The van der Waals surface area contributed by atoms with Crippen molar-refractivity contribution >= 4 is 38.9 Å². The topological polar surface area (TPSA) is 17.4 Å². The second kappa shape index (κ2) is 14.2. The molecule has 0 fully saturated rings. The van der Waals surface area contributed by atoms with Crippen LogP contribution in [0.5, 0.6) is 5.75 Å². The molecule has 53 heavy (non-hydrogen) atoms. The largest absolute Gasteiger partial charge is 0.488 e. The predicted octanol–water partition coefficient (Wildman–Crippen LogP) is 14.3. The molecule has 262 valence electrons. The molecule has 7 aromatic carbocycles. The summed E-state index contributed by atoms with van der Waals surface area (Å²) < 4.78 is 8.55. The van der Waals surface area contributed by atoms with Crippen LogP contribution in [0, 0.1) is 0 Å². The van der Waals surface area contributed by atoms with Gasteiger partial charge in [-0.1, -0.05) is 98.8 Å². The normalized spacial score (nSPS) is 12.2. The van der Waals surface area contributed by atoms with E-state index in [0.717, 1.165) is 34.9 Å². The summed E-state index contributed by atoms with van der Waals surface area (Å²) in [5.41, 5.74) is 12.8. The van der Waals surface area contributed by atoms with Crippen molar-refractivity contribution in [2.24, 2.45) is 0 Å². The molecular weight excluding hydrogens is 645 g/mol. The van der Waals surface area contributed by atoms with Crippen LogP contribution in [0.2, 0.25) is 0 Å². The number of para-hydroxylation sites is 2. The molecule has 0 spiro atoms. The van der Waals surface area contributed by atoms with Crippen LogP contribution < -0.4 is 9.64 Å². The first-order valence-electron chi connectivity index (χ1n) is 18.7. The number of hydrogen-bond acceptors (Lipinski definition) is 2. The van der Waals surface area contributed by atoms with Gasteiger partial charge in [0.25, 0.3) is 0 Å². The number of benzene rings is 7. The van der Waals surface area contributed by atoms with Crippen LogP contribution in [0.4, 0.5) is 17.1 Å². The van der Waals surface area contributed by atoms with Gasteiger partial charge in [-0.3, -0.25) is 0 Å². The van der Waals surface area contributed by atoms with Gasteiger partial charge in [0.1, 0.15) is 11.4 Å². The summed E-state index contributed by atoms with van der Waals surface area (Å²) in [4.78, 5) is 2.30. The zero-order valence-electron chi connectivity index (χ0n) is 31.3. The minimum absolute atomic E-state index is 0.256. The Morgan fingerprint density at radius 2 is 0.981 bits per heavy atom. The van der Waals surface area contributed by atoms with Gasteiger partial charge < -0.3 is 14.2 Å². The summed E-state index contributed by atoms with van der Waals surface area (Å²) in [6, 6.07) is 61.5. The van der Waals surface area contributed by atoms with E-state index < -0.39 is 0 Å². The Kier molecular flexibility index (Phi) is 9.10. The van der Waals surface area contributed by atoms with E-state index in [9.17, 15) is 0 Å². The minimum Gasteiger partial charge on any atom is -0.488 e. The number of ether oxygens (including phenoxy) is 1. The van der Waals surface area contributed by atoms with E-state index in [4.69, 9.17) is 4.74 Å². The molecular formula is C50H46N2O. The van der Waals surface area contributed by atoms with E-state index in [2.05, 4.69) is 214 Å². The average molecular weight is 691 g/mol. The van der Waals surface area contributed by atoms with Gasteiger partial charge in [-0.25, -0.2) is 0 Å². The Labute approximate surface area is 313 Å². The number of rotatable bonds is 9. The molecule has 0 N–H and O–H groups in total. The lowest BCUT2D eigenvalue weighted by Gasteiger charge is -2.25. The standard InChI is InChI=1S/C50H46N2O/c1-6-35(2)36-17-19-37(20-18-36)39-23-31-48-46(33-39)47-34-40(24-32-49(47)52(48)44-27-29-45(30-28-44)53-50(3,4)5)38-21-25-43(26-22-38)51(41-13-9-7-10-14-41)42-15-11-8-12-16-42/h7-35H,6H2,1-5H3. The first kappa shape index (κ1) is 34.0. The van der Waals surface area contributed by atoms with Gasteiger partial charge in [-0.2, -0.15) is 0 Å². The van der Waals surface area contributed by atoms with Crippen molar-refractivity contribution in [3.63, 3.8) is 0 Å². The first-order chi connectivity index (χ1) is 25.8. The summed E-state index contributed by atoms with van der Waals surface area (Å²) in [5.74, 6) is 1.42. The lowest BCUT2D eigenvalue weighted by molar-refractivity contribution is 0.131. The highest BCUT2D eigenvalue weighted by Crippen LogP contribution is 2.39. The fraction of sp³-hybridized carbons (Fsp3) is 0.160. The number of anilines is 3. The maximum absolute atomic E-state index is 6.17. The SMILES string of the molecule is CCC(C)c1ccc(-c2ccc3c(c2)c2cc(-c4ccc(N(c5ccccc5)c5ccccc5)cc4)ccc2n3-c2ccc(OC(C)(C)C)cc2)cc1. The molecule has 8 rings (SSSR count). The molecule has 3 heteroatoms. The van der Waals surface area contributed by atoms with Crippen LogP contribution in [0.25, 0.3) is 49.7 Å². The van der Waals surface area contributed by atoms with Gasteiger partial charge in [0, 0.05) is 33.5 Å². The Morgan fingerprint density at radius 3 is 1.45 bits per heavy atom. The van der Waals surface area contributed by atoms with Crippen molar-refractivity contribution in [3.05, 3.63) is 175 Å². The van der Waals surface area contributed by atoms with Gasteiger partial charge in [-0.15, -0.1) is 0 Å². The van der Waals surface area contributed by atoms with Crippen molar-refractivity contribution in [1.29, 1.82) is 0 Å². The zero-order valence-corrected chi connectivity index (χ0v) is 31.3. The van der Waals surface area contributed by atoms with Crippen LogP contribution in [0.3, 0.4) is 0 Å². The van der Waals surface area contributed by atoms with Crippen LogP contribution >= 0.6 is 0 Å². The molecule has 1 aromatic heterocycles. The summed E-state index contributed by atoms with van der Waals surface area (Å²) in [6.45, 7) is 10.8. The number of nitrogens with zero attached hydrogens (tertiary/aromatic N) is 2. The summed E-state index contributed by atoms with van der Waals surface area (Å²) in [5, 5.41) is 2.46. The molecule has 1 heterocycles. The third-order valence-corrected chi connectivity index (χ3v) is 10.2. The van der Waals surface area contributed by atoms with Crippen molar-refractivity contribution in [1.82, 2.24) is 4.57 Å². The van der Waals surface area contributed by atoms with Crippen LogP contribution in [0.1, 0.15) is 52.5 Å². The lowest BCUT2D eigenvalue weighted by atomic mass is 9.95. The third-order valence-electron chi connectivity index (χ3n) is 10.2. The second-order valence-corrected chi connectivity index (χ2v) is 15.0.